The van der Waals surface area contributed by atoms with Crippen LogP contribution in [0.25, 0.3) is 0 Å². The first kappa shape index (κ1) is 29.0. The van der Waals surface area contributed by atoms with Gasteiger partial charge in [-0.15, -0.1) is 0 Å². The van der Waals surface area contributed by atoms with E-state index >= 15 is 0 Å². The molecule has 2 amide bonds. The molecule has 3 atom stereocenters. The molecule has 0 bridgehead atoms. The number of amides is 2. The van der Waals surface area contributed by atoms with Gasteiger partial charge in [0.05, 0.1) is 26.2 Å². The van der Waals surface area contributed by atoms with Crippen molar-refractivity contribution < 1.29 is 24.2 Å². The van der Waals surface area contributed by atoms with Gasteiger partial charge in [0.1, 0.15) is 17.6 Å². The molecular weight excluding hydrogens is 508 g/mol. The van der Waals surface area contributed by atoms with Crippen molar-refractivity contribution in [3.05, 3.63) is 83.7 Å². The van der Waals surface area contributed by atoms with Crippen molar-refractivity contribution in [1.82, 2.24) is 14.8 Å². The summed E-state index contributed by atoms with van der Waals surface area (Å²) < 4.78 is 11.9. The first-order valence-electron chi connectivity index (χ1n) is 13.5. The van der Waals surface area contributed by atoms with Crippen LogP contribution in [0.15, 0.2) is 67.0 Å². The Kier molecular flexibility index (Phi) is 9.74. The Morgan fingerprint density at radius 1 is 1.20 bits per heavy atom. The van der Waals surface area contributed by atoms with Gasteiger partial charge in [-0.3, -0.25) is 19.5 Å². The van der Waals surface area contributed by atoms with Gasteiger partial charge >= 0.3 is 0 Å². The summed E-state index contributed by atoms with van der Waals surface area (Å²) in [5.41, 5.74) is 2.89. The Hall–Kier alpha value is -3.95. The van der Waals surface area contributed by atoms with Crippen LogP contribution in [0.2, 0.25) is 0 Å². The van der Waals surface area contributed by atoms with Crippen molar-refractivity contribution in [2.75, 3.05) is 39.2 Å². The van der Waals surface area contributed by atoms with E-state index in [1.54, 1.807) is 48.7 Å². The lowest BCUT2D eigenvalue weighted by Crippen LogP contribution is -2.47. The summed E-state index contributed by atoms with van der Waals surface area (Å²) in [7, 11) is 3.70. The van der Waals surface area contributed by atoms with Crippen LogP contribution in [0.5, 0.6) is 11.5 Å². The largest absolute Gasteiger partial charge is 0.497 e. The minimum Gasteiger partial charge on any atom is -0.497 e. The second-order valence-corrected chi connectivity index (χ2v) is 10.4. The van der Waals surface area contributed by atoms with E-state index < -0.39 is 0 Å². The monoisotopic (exact) mass is 546 g/mol. The van der Waals surface area contributed by atoms with Gasteiger partial charge in [-0.2, -0.15) is 0 Å². The SMILES string of the molecule is COc1ccc(CN(C)C[C@@H]2Oc3ccc(NC(=O)c4ccncc4)cc3CC(=O)N([C@H](C)CO)C[C@@H]2C)cc1. The zero-order chi connectivity index (χ0) is 28.6. The van der Waals surface area contributed by atoms with Gasteiger partial charge in [0, 0.05) is 54.8 Å². The van der Waals surface area contributed by atoms with E-state index in [0.717, 1.165) is 17.9 Å². The number of aliphatic hydroxyl groups excluding tert-OH is 1. The normalized spacial score (nSPS) is 18.1. The van der Waals surface area contributed by atoms with Crippen LogP contribution < -0.4 is 14.8 Å². The Morgan fingerprint density at radius 2 is 1.93 bits per heavy atom. The summed E-state index contributed by atoms with van der Waals surface area (Å²) in [5, 5.41) is 12.8. The molecule has 0 radical (unpaired) electrons. The molecule has 1 aliphatic rings. The number of aromatic nitrogens is 1. The first-order chi connectivity index (χ1) is 19.3. The van der Waals surface area contributed by atoms with Crippen LogP contribution in [0.1, 0.15) is 35.3 Å². The molecule has 0 unspecified atom stereocenters. The number of hydrogen-bond donors (Lipinski definition) is 2. The maximum Gasteiger partial charge on any atom is 0.255 e. The number of aliphatic hydroxyl groups is 1. The average Bonchev–Trinajstić information content (AvgIpc) is 3.01. The van der Waals surface area contributed by atoms with Gasteiger partial charge in [-0.1, -0.05) is 19.1 Å². The molecule has 3 aromatic rings. The molecule has 4 rings (SSSR count). The summed E-state index contributed by atoms with van der Waals surface area (Å²) in [6, 6.07) is 16.3. The van der Waals surface area contributed by atoms with E-state index in [1.165, 1.54) is 0 Å². The van der Waals surface area contributed by atoms with Crippen LogP contribution in [0.3, 0.4) is 0 Å². The minimum atomic E-state index is -0.330. The van der Waals surface area contributed by atoms with E-state index in [0.29, 0.717) is 35.7 Å². The Labute approximate surface area is 235 Å². The average molecular weight is 547 g/mol. The number of ether oxygens (including phenoxy) is 2. The molecule has 0 saturated heterocycles. The summed E-state index contributed by atoms with van der Waals surface area (Å²) >= 11 is 0. The highest BCUT2D eigenvalue weighted by Crippen LogP contribution is 2.29. The number of nitrogens with one attached hydrogen (secondary N) is 1. The fourth-order valence-electron chi connectivity index (χ4n) is 4.85. The number of anilines is 1. The second kappa shape index (κ2) is 13.4. The molecule has 2 heterocycles. The molecule has 212 valence electrons. The number of carbonyl (C=O) groups excluding carboxylic acids is 2. The topological polar surface area (TPSA) is 104 Å². The van der Waals surface area contributed by atoms with Gasteiger partial charge in [-0.05, 0) is 62.0 Å². The lowest BCUT2D eigenvalue weighted by Gasteiger charge is -2.34. The third kappa shape index (κ3) is 7.37. The molecule has 0 aliphatic carbocycles. The molecule has 9 heteroatoms. The molecule has 2 aromatic carbocycles. The molecule has 1 aromatic heterocycles. The summed E-state index contributed by atoms with van der Waals surface area (Å²) in [4.78, 5) is 34.1. The maximum atomic E-state index is 13.5. The fourth-order valence-corrected chi connectivity index (χ4v) is 4.85. The third-order valence-electron chi connectivity index (χ3n) is 7.22. The van der Waals surface area contributed by atoms with Crippen molar-refractivity contribution in [2.24, 2.45) is 5.92 Å². The van der Waals surface area contributed by atoms with Crippen LogP contribution in [0.4, 0.5) is 5.69 Å². The highest BCUT2D eigenvalue weighted by atomic mass is 16.5. The van der Waals surface area contributed by atoms with Gasteiger partial charge in [0.2, 0.25) is 5.91 Å². The number of pyridine rings is 1. The van der Waals surface area contributed by atoms with Crippen LogP contribution in [-0.4, -0.2) is 77.7 Å². The molecule has 2 N–H and O–H groups in total. The van der Waals surface area contributed by atoms with E-state index in [1.807, 2.05) is 44.3 Å². The minimum absolute atomic E-state index is 0.00622. The van der Waals surface area contributed by atoms with Crippen LogP contribution in [0, 0.1) is 5.92 Å². The van der Waals surface area contributed by atoms with Crippen molar-refractivity contribution in [3.63, 3.8) is 0 Å². The number of likely N-dealkylation sites (N-methyl/N-ethyl adjacent to an activating group) is 1. The quantitative estimate of drug-likeness (QED) is 0.423. The standard InChI is InChI=1S/C31H38N4O5/c1-21-17-35(22(2)20-36)30(37)16-25-15-26(33-31(38)24-11-13-32-14-12-24)7-10-28(25)40-29(21)19-34(3)18-23-5-8-27(39-4)9-6-23/h5-15,21-22,29,36H,16-20H2,1-4H3,(H,33,38)/t21-,22+,29-/m0/s1. The van der Waals surface area contributed by atoms with Gasteiger partial charge in [0.25, 0.3) is 5.91 Å². The molecule has 0 spiro atoms. The number of nitrogens with zero attached hydrogens (tertiary/aromatic N) is 3. The number of carbonyl (C=O) groups is 2. The zero-order valence-electron chi connectivity index (χ0n) is 23.5. The molecule has 9 nitrogen and oxygen atoms in total. The molecule has 40 heavy (non-hydrogen) atoms. The lowest BCUT2D eigenvalue weighted by molar-refractivity contribution is -0.134. The van der Waals surface area contributed by atoms with Crippen LogP contribution >= 0.6 is 0 Å². The lowest BCUT2D eigenvalue weighted by atomic mass is 10.0. The Bertz CT molecular complexity index is 1280. The predicted octanol–water partition coefficient (Wildman–Crippen LogP) is 3.62. The van der Waals surface area contributed by atoms with E-state index in [2.05, 4.69) is 22.1 Å². The van der Waals surface area contributed by atoms with Crippen molar-refractivity contribution in [3.8, 4) is 11.5 Å². The van der Waals surface area contributed by atoms with Crippen molar-refractivity contribution in [2.45, 2.75) is 39.0 Å². The number of rotatable bonds is 9. The number of benzene rings is 2. The highest BCUT2D eigenvalue weighted by molar-refractivity contribution is 6.04. The highest BCUT2D eigenvalue weighted by Gasteiger charge is 2.31. The van der Waals surface area contributed by atoms with Gasteiger partial charge in [-0.25, -0.2) is 0 Å². The molecule has 0 fully saturated rings. The fraction of sp³-hybridized carbons (Fsp3) is 0.387. The second-order valence-electron chi connectivity index (χ2n) is 10.4. The zero-order valence-corrected chi connectivity index (χ0v) is 23.5. The van der Waals surface area contributed by atoms with Crippen LogP contribution in [-0.2, 0) is 17.8 Å². The molecular formula is C31H38N4O5. The summed E-state index contributed by atoms with van der Waals surface area (Å²) in [6.45, 7) is 5.60. The third-order valence-corrected chi connectivity index (χ3v) is 7.22. The van der Waals surface area contributed by atoms with E-state index in [9.17, 15) is 14.7 Å². The van der Waals surface area contributed by atoms with E-state index in [-0.39, 0.29) is 42.9 Å². The number of hydrogen-bond acceptors (Lipinski definition) is 7. The summed E-state index contributed by atoms with van der Waals surface area (Å²) in [5.74, 6) is 1.06. The molecule has 1 aliphatic heterocycles. The smallest absolute Gasteiger partial charge is 0.255 e. The molecule has 0 saturated carbocycles. The predicted molar refractivity (Wildman–Crippen MR) is 154 cm³/mol. The van der Waals surface area contributed by atoms with Crippen molar-refractivity contribution in [1.29, 1.82) is 0 Å². The van der Waals surface area contributed by atoms with Gasteiger partial charge in [0.15, 0.2) is 0 Å². The first-order valence-corrected chi connectivity index (χ1v) is 13.5. The Morgan fingerprint density at radius 3 is 2.60 bits per heavy atom. The maximum absolute atomic E-state index is 13.5. The number of fused-ring (bicyclic) bond motifs is 1. The number of methoxy groups -OCH3 is 1. The summed E-state index contributed by atoms with van der Waals surface area (Å²) in [6.07, 6.45) is 3.00. The van der Waals surface area contributed by atoms with Crippen molar-refractivity contribution >= 4 is 17.5 Å². The Balaban J connectivity index is 1.58. The van der Waals surface area contributed by atoms with Gasteiger partial charge < -0.3 is 24.8 Å². The van der Waals surface area contributed by atoms with E-state index in [4.69, 9.17) is 9.47 Å².